The highest BCUT2D eigenvalue weighted by Crippen LogP contribution is 2.32. The molecule has 2 aromatic heterocycles. The monoisotopic (exact) mass is 367 g/mol. The zero-order valence-electron chi connectivity index (χ0n) is 12.9. The first-order valence-corrected chi connectivity index (χ1v) is 9.30. The lowest BCUT2D eigenvalue weighted by atomic mass is 10.2. The van der Waals surface area contributed by atoms with Crippen molar-refractivity contribution in [1.29, 1.82) is 0 Å². The maximum atomic E-state index is 12.9. The highest BCUT2D eigenvalue weighted by Gasteiger charge is 2.22. The van der Waals surface area contributed by atoms with E-state index in [1.807, 2.05) is 0 Å². The number of nitrogens with zero attached hydrogens (tertiary/aromatic N) is 2. The predicted octanol–water partition coefficient (Wildman–Crippen LogP) is 3.03. The van der Waals surface area contributed by atoms with Crippen LogP contribution in [0.3, 0.4) is 0 Å². The Morgan fingerprint density at radius 1 is 1.25 bits per heavy atom. The van der Waals surface area contributed by atoms with Crippen LogP contribution in [0, 0.1) is 19.7 Å². The molecule has 3 aromatic rings. The number of hydrogen-bond acceptors (Lipinski definition) is 6. The Bertz CT molecular complexity index is 962. The van der Waals surface area contributed by atoms with Crippen LogP contribution >= 0.6 is 11.3 Å². The van der Waals surface area contributed by atoms with Crippen molar-refractivity contribution in [3.8, 4) is 10.7 Å². The molecule has 1 aromatic carbocycles. The summed E-state index contributed by atoms with van der Waals surface area (Å²) in [6.45, 7) is 3.46. The zero-order chi connectivity index (χ0) is 17.3. The minimum atomic E-state index is -3.70. The molecule has 0 bridgehead atoms. The van der Waals surface area contributed by atoms with Gasteiger partial charge in [-0.2, -0.15) is 4.98 Å². The molecule has 9 heteroatoms. The molecule has 0 radical (unpaired) electrons. The van der Waals surface area contributed by atoms with Crippen LogP contribution in [-0.4, -0.2) is 18.6 Å². The molecule has 2 heterocycles. The average Bonchev–Trinajstić information content (AvgIpc) is 3.13. The lowest BCUT2D eigenvalue weighted by Crippen LogP contribution is -2.23. The summed E-state index contributed by atoms with van der Waals surface area (Å²) >= 11 is 1.28. The minimum Gasteiger partial charge on any atom is -0.339 e. The molecule has 3 rings (SSSR count). The quantitative estimate of drug-likeness (QED) is 0.749. The van der Waals surface area contributed by atoms with Gasteiger partial charge in [0.05, 0.1) is 9.77 Å². The van der Waals surface area contributed by atoms with Gasteiger partial charge in [-0.1, -0.05) is 17.3 Å². The van der Waals surface area contributed by atoms with E-state index in [2.05, 4.69) is 14.9 Å². The van der Waals surface area contributed by atoms with Gasteiger partial charge in [0.15, 0.2) is 0 Å². The summed E-state index contributed by atoms with van der Waals surface area (Å²) in [7, 11) is -3.70. The minimum absolute atomic E-state index is 0.0779. The molecular formula is C15H14FN3O3S2. The number of nitrogens with one attached hydrogen (secondary N) is 1. The summed E-state index contributed by atoms with van der Waals surface area (Å²) in [5.41, 5.74) is 0.668. The first-order chi connectivity index (χ1) is 11.3. The van der Waals surface area contributed by atoms with E-state index < -0.39 is 10.0 Å². The van der Waals surface area contributed by atoms with Gasteiger partial charge in [0.2, 0.25) is 21.7 Å². The van der Waals surface area contributed by atoms with Gasteiger partial charge in [0.1, 0.15) is 5.82 Å². The number of hydrogen-bond donors (Lipinski definition) is 1. The molecule has 0 spiro atoms. The molecule has 0 aliphatic heterocycles. The lowest BCUT2D eigenvalue weighted by molar-refractivity contribution is 0.394. The molecule has 0 aliphatic rings. The maximum absolute atomic E-state index is 12.9. The molecule has 0 atom stereocenters. The standard InChI is InChI=1S/C15H14FN3O3S2/c1-9-14(7-13(23-9)15-18-10(2)22-19-15)24(20,21)17-8-11-3-5-12(16)6-4-11/h3-7,17H,8H2,1-2H3. The molecular weight excluding hydrogens is 353 g/mol. The molecule has 126 valence electrons. The first-order valence-electron chi connectivity index (χ1n) is 7.00. The Morgan fingerprint density at radius 3 is 2.58 bits per heavy atom. The third-order valence-corrected chi connectivity index (χ3v) is 5.99. The summed E-state index contributed by atoms with van der Waals surface area (Å²) in [5, 5.41) is 3.80. The number of aromatic nitrogens is 2. The SMILES string of the molecule is Cc1nc(-c2cc(S(=O)(=O)NCc3ccc(F)cc3)c(C)s2)no1. The number of benzene rings is 1. The Kier molecular flexibility index (Phi) is 4.48. The van der Waals surface area contributed by atoms with E-state index in [0.29, 0.717) is 27.0 Å². The Labute approximate surface area is 142 Å². The van der Waals surface area contributed by atoms with E-state index in [1.54, 1.807) is 13.8 Å². The van der Waals surface area contributed by atoms with E-state index in [1.165, 1.54) is 41.7 Å². The molecule has 0 unspecified atom stereocenters. The second kappa shape index (κ2) is 6.42. The van der Waals surface area contributed by atoms with Gasteiger partial charge in [0, 0.05) is 18.3 Å². The number of aryl methyl sites for hydroxylation is 2. The molecule has 0 aliphatic carbocycles. The number of halogens is 1. The highest BCUT2D eigenvalue weighted by atomic mass is 32.2. The Hall–Kier alpha value is -2.10. The summed E-state index contributed by atoms with van der Waals surface area (Å²) in [4.78, 5) is 5.52. The van der Waals surface area contributed by atoms with Crippen LogP contribution in [0.4, 0.5) is 4.39 Å². The first kappa shape index (κ1) is 16.7. The number of rotatable bonds is 5. The summed E-state index contributed by atoms with van der Waals surface area (Å²) < 4.78 is 45.3. The van der Waals surface area contributed by atoms with Gasteiger partial charge in [-0.15, -0.1) is 11.3 Å². The second-order valence-electron chi connectivity index (χ2n) is 5.12. The van der Waals surface area contributed by atoms with Gasteiger partial charge >= 0.3 is 0 Å². The Balaban J connectivity index is 1.81. The molecule has 0 fully saturated rings. The smallest absolute Gasteiger partial charge is 0.241 e. The van der Waals surface area contributed by atoms with Gasteiger partial charge in [-0.25, -0.2) is 17.5 Å². The molecule has 0 amide bonds. The molecule has 0 saturated carbocycles. The fourth-order valence-electron chi connectivity index (χ4n) is 2.10. The molecule has 6 nitrogen and oxygen atoms in total. The van der Waals surface area contributed by atoms with E-state index in [4.69, 9.17) is 4.52 Å². The number of sulfonamides is 1. The van der Waals surface area contributed by atoms with E-state index in [-0.39, 0.29) is 17.3 Å². The summed E-state index contributed by atoms with van der Waals surface area (Å²) in [6.07, 6.45) is 0. The van der Waals surface area contributed by atoms with Gasteiger partial charge < -0.3 is 4.52 Å². The van der Waals surface area contributed by atoms with Crippen LogP contribution in [0.25, 0.3) is 10.7 Å². The third-order valence-electron chi connectivity index (χ3n) is 3.29. The van der Waals surface area contributed by atoms with Gasteiger partial charge in [-0.05, 0) is 30.7 Å². The van der Waals surface area contributed by atoms with E-state index in [0.717, 1.165) is 0 Å². The molecule has 24 heavy (non-hydrogen) atoms. The fourth-order valence-corrected chi connectivity index (χ4v) is 4.63. The Morgan fingerprint density at radius 2 is 1.96 bits per heavy atom. The number of thiophene rings is 1. The maximum Gasteiger partial charge on any atom is 0.241 e. The van der Waals surface area contributed by atoms with Crippen molar-refractivity contribution in [3.63, 3.8) is 0 Å². The van der Waals surface area contributed by atoms with Crippen LogP contribution in [0.2, 0.25) is 0 Å². The van der Waals surface area contributed by atoms with Gasteiger partial charge in [0.25, 0.3) is 0 Å². The second-order valence-corrected chi connectivity index (χ2v) is 8.11. The average molecular weight is 367 g/mol. The molecule has 1 N–H and O–H groups in total. The van der Waals surface area contributed by atoms with Gasteiger partial charge in [-0.3, -0.25) is 0 Å². The van der Waals surface area contributed by atoms with Crippen molar-refractivity contribution < 1.29 is 17.3 Å². The highest BCUT2D eigenvalue weighted by molar-refractivity contribution is 7.89. The van der Waals surface area contributed by atoms with Crippen LogP contribution < -0.4 is 4.72 Å². The molecule has 0 saturated heterocycles. The van der Waals surface area contributed by atoms with E-state index in [9.17, 15) is 12.8 Å². The normalized spacial score (nSPS) is 11.8. The lowest BCUT2D eigenvalue weighted by Gasteiger charge is -2.06. The van der Waals surface area contributed by atoms with Crippen molar-refractivity contribution in [2.45, 2.75) is 25.3 Å². The zero-order valence-corrected chi connectivity index (χ0v) is 14.5. The van der Waals surface area contributed by atoms with Crippen molar-refractivity contribution in [2.24, 2.45) is 0 Å². The van der Waals surface area contributed by atoms with Crippen LogP contribution in [-0.2, 0) is 16.6 Å². The van der Waals surface area contributed by atoms with Crippen molar-refractivity contribution in [2.75, 3.05) is 0 Å². The van der Waals surface area contributed by atoms with Crippen molar-refractivity contribution in [3.05, 3.63) is 52.5 Å². The van der Waals surface area contributed by atoms with Crippen LogP contribution in [0.15, 0.2) is 39.8 Å². The largest absolute Gasteiger partial charge is 0.339 e. The van der Waals surface area contributed by atoms with E-state index >= 15 is 0 Å². The summed E-state index contributed by atoms with van der Waals surface area (Å²) in [5.74, 6) is 0.408. The predicted molar refractivity (Wildman–Crippen MR) is 87.5 cm³/mol. The summed E-state index contributed by atoms with van der Waals surface area (Å²) in [6, 6.07) is 7.17. The van der Waals surface area contributed by atoms with Crippen LogP contribution in [0.1, 0.15) is 16.3 Å². The topological polar surface area (TPSA) is 85.1 Å². The third kappa shape index (κ3) is 3.53. The van der Waals surface area contributed by atoms with Crippen molar-refractivity contribution in [1.82, 2.24) is 14.9 Å². The van der Waals surface area contributed by atoms with Crippen LogP contribution in [0.5, 0.6) is 0 Å². The fraction of sp³-hybridized carbons (Fsp3) is 0.200. The van der Waals surface area contributed by atoms with Crippen molar-refractivity contribution >= 4 is 21.4 Å².